The molecule has 0 radical (unpaired) electrons. The van der Waals surface area contributed by atoms with E-state index >= 15 is 0 Å². The zero-order chi connectivity index (χ0) is 22.9. The van der Waals surface area contributed by atoms with E-state index in [1.54, 1.807) is 34.7 Å². The Kier molecular flexibility index (Phi) is 4.32. The predicted molar refractivity (Wildman–Crippen MR) is 118 cm³/mol. The molecule has 33 heavy (non-hydrogen) atoms. The highest BCUT2D eigenvalue weighted by atomic mass is 79.9. The minimum Gasteiger partial charge on any atom is -0.250 e. The van der Waals surface area contributed by atoms with E-state index in [4.69, 9.17) is 0 Å². The number of fused-ring (bicyclic) bond motifs is 5. The lowest BCUT2D eigenvalue weighted by Crippen LogP contribution is -2.08. The molecule has 0 amide bonds. The highest BCUT2D eigenvalue weighted by Crippen LogP contribution is 2.38. The van der Waals surface area contributed by atoms with E-state index in [1.165, 1.54) is 10.8 Å². The van der Waals surface area contributed by atoms with E-state index < -0.39 is 11.9 Å². The highest BCUT2D eigenvalue weighted by molar-refractivity contribution is 9.10. The molecule has 0 aliphatic rings. The number of rotatable bonds is 3. The normalized spacial score (nSPS) is 12.5. The van der Waals surface area contributed by atoms with E-state index in [-0.39, 0.29) is 4.83 Å². The quantitative estimate of drug-likeness (QED) is 0.331. The van der Waals surface area contributed by atoms with Crippen LogP contribution in [0.1, 0.15) is 11.3 Å². The second-order valence-corrected chi connectivity index (χ2v) is 9.22. The van der Waals surface area contributed by atoms with Gasteiger partial charge >= 0.3 is 6.18 Å². The topological polar surface area (TPSA) is 91.6 Å². The van der Waals surface area contributed by atoms with Crippen LogP contribution in [0.2, 0.25) is 0 Å². The van der Waals surface area contributed by atoms with Crippen molar-refractivity contribution in [1.29, 1.82) is 0 Å². The summed E-state index contributed by atoms with van der Waals surface area (Å²) in [5.74, 6) is 0.378. The number of aromatic nitrogens is 9. The van der Waals surface area contributed by atoms with Crippen LogP contribution in [-0.4, -0.2) is 44.1 Å². The summed E-state index contributed by atoms with van der Waals surface area (Å²) < 4.78 is 46.0. The van der Waals surface area contributed by atoms with Crippen LogP contribution < -0.4 is 0 Å². The Morgan fingerprint density at radius 1 is 1.15 bits per heavy atom. The zero-order valence-electron chi connectivity index (χ0n) is 16.6. The first-order valence-corrected chi connectivity index (χ1v) is 11.1. The molecule has 0 unspecified atom stereocenters. The van der Waals surface area contributed by atoms with Crippen LogP contribution in [0.3, 0.4) is 0 Å². The molecule has 0 aromatic carbocycles. The van der Waals surface area contributed by atoms with Gasteiger partial charge in [0.25, 0.3) is 0 Å². The first-order valence-electron chi connectivity index (χ1n) is 9.50. The van der Waals surface area contributed by atoms with Gasteiger partial charge in [0, 0.05) is 17.8 Å². The largest absolute Gasteiger partial charge is 0.433 e. The van der Waals surface area contributed by atoms with Gasteiger partial charge in [0.15, 0.2) is 5.65 Å². The SMILES string of the molecule is Cc1cc(C(F)(F)F)nc2sc3c(ncn4nc(-c5ccn(Cn6cc(Br)cn6)n5)nc34)c12. The molecule has 0 bridgehead atoms. The summed E-state index contributed by atoms with van der Waals surface area (Å²) >= 11 is 4.47. The molecule has 6 aromatic rings. The highest BCUT2D eigenvalue weighted by Gasteiger charge is 2.33. The van der Waals surface area contributed by atoms with Gasteiger partial charge in [-0.1, -0.05) is 0 Å². The number of halogens is 4. The van der Waals surface area contributed by atoms with Crippen LogP contribution in [0.4, 0.5) is 13.2 Å². The number of hydrogen-bond donors (Lipinski definition) is 0. The Hall–Kier alpha value is -3.39. The maximum absolute atomic E-state index is 13.2. The van der Waals surface area contributed by atoms with Crippen LogP contribution in [0.5, 0.6) is 0 Å². The second kappa shape index (κ2) is 7.05. The Labute approximate surface area is 194 Å². The van der Waals surface area contributed by atoms with Crippen molar-refractivity contribution in [2.24, 2.45) is 0 Å². The Bertz CT molecular complexity index is 1680. The van der Waals surface area contributed by atoms with E-state index in [2.05, 4.69) is 46.2 Å². The lowest BCUT2D eigenvalue weighted by molar-refractivity contribution is -0.141. The van der Waals surface area contributed by atoms with Gasteiger partial charge in [-0.25, -0.2) is 24.1 Å². The van der Waals surface area contributed by atoms with Crippen molar-refractivity contribution >= 4 is 53.3 Å². The van der Waals surface area contributed by atoms with Gasteiger partial charge in [0.2, 0.25) is 5.82 Å². The number of hydrogen-bond acceptors (Lipinski definition) is 7. The van der Waals surface area contributed by atoms with Gasteiger partial charge in [-0.3, -0.25) is 4.68 Å². The van der Waals surface area contributed by atoms with E-state index in [9.17, 15) is 13.2 Å². The van der Waals surface area contributed by atoms with Gasteiger partial charge < -0.3 is 0 Å². The fourth-order valence-electron chi connectivity index (χ4n) is 3.59. The Balaban J connectivity index is 1.45. The van der Waals surface area contributed by atoms with Gasteiger partial charge in [-0.05, 0) is 40.5 Å². The van der Waals surface area contributed by atoms with E-state index in [0.717, 1.165) is 21.9 Å². The number of thiophene rings is 1. The number of pyridine rings is 1. The minimum atomic E-state index is -4.52. The van der Waals surface area contributed by atoms with Crippen LogP contribution >= 0.6 is 27.3 Å². The molecule has 0 saturated carbocycles. The molecule has 6 rings (SSSR count). The average molecular weight is 534 g/mol. The van der Waals surface area contributed by atoms with Gasteiger partial charge in [0.05, 0.1) is 16.2 Å². The molecule has 0 saturated heterocycles. The van der Waals surface area contributed by atoms with E-state index in [1.807, 2.05) is 6.20 Å². The number of nitrogens with zero attached hydrogens (tertiary/aromatic N) is 9. The monoisotopic (exact) mass is 533 g/mol. The van der Waals surface area contributed by atoms with Crippen LogP contribution in [0, 0.1) is 6.92 Å². The molecule has 0 spiro atoms. The lowest BCUT2D eigenvalue weighted by Gasteiger charge is -2.06. The molecule has 14 heteroatoms. The molecular weight excluding hydrogens is 523 g/mol. The van der Waals surface area contributed by atoms with Gasteiger partial charge in [0.1, 0.15) is 33.9 Å². The maximum atomic E-state index is 13.2. The number of aryl methyl sites for hydroxylation is 1. The predicted octanol–water partition coefficient (Wildman–Crippen LogP) is 4.54. The second-order valence-electron chi connectivity index (χ2n) is 7.31. The van der Waals surface area contributed by atoms with Crippen molar-refractivity contribution in [2.45, 2.75) is 19.8 Å². The zero-order valence-corrected chi connectivity index (χ0v) is 19.0. The first-order chi connectivity index (χ1) is 15.8. The summed E-state index contributed by atoms with van der Waals surface area (Å²) in [6.45, 7) is 2.03. The average Bonchev–Trinajstić information content (AvgIpc) is 3.51. The third kappa shape index (κ3) is 3.36. The van der Waals surface area contributed by atoms with Crippen LogP contribution in [-0.2, 0) is 12.8 Å². The summed E-state index contributed by atoms with van der Waals surface area (Å²) in [6, 6.07) is 2.82. The van der Waals surface area contributed by atoms with Crippen molar-refractivity contribution in [3.8, 4) is 11.5 Å². The van der Waals surface area contributed by atoms with Gasteiger partial charge in [-0.2, -0.15) is 23.4 Å². The van der Waals surface area contributed by atoms with Crippen molar-refractivity contribution in [1.82, 2.24) is 44.1 Å². The fourth-order valence-corrected chi connectivity index (χ4v) is 5.09. The molecule has 0 fully saturated rings. The maximum Gasteiger partial charge on any atom is 0.433 e. The summed E-state index contributed by atoms with van der Waals surface area (Å²) in [5, 5.41) is 13.7. The minimum absolute atomic E-state index is 0.261. The lowest BCUT2D eigenvalue weighted by atomic mass is 10.1. The standard InChI is InChI=1S/C19H11BrF3N9S/c1-9-4-12(19(21,22)23)26-18-13(9)14-15(33-18)17-27-16(29-32(17)7-24-14)11-2-3-30(28-11)8-31-6-10(20)5-25-31/h2-7H,8H2,1H3. The van der Waals surface area contributed by atoms with Gasteiger partial charge in [-0.15, -0.1) is 16.4 Å². The van der Waals surface area contributed by atoms with Crippen LogP contribution in [0.15, 0.2) is 41.5 Å². The molecule has 166 valence electrons. The summed E-state index contributed by atoms with van der Waals surface area (Å²) in [7, 11) is 0. The first kappa shape index (κ1) is 20.2. The Morgan fingerprint density at radius 3 is 2.76 bits per heavy atom. The molecule has 0 aliphatic heterocycles. The van der Waals surface area contributed by atoms with E-state index in [0.29, 0.717) is 45.0 Å². The molecular formula is C19H11BrF3N9S. The van der Waals surface area contributed by atoms with Crippen molar-refractivity contribution in [2.75, 3.05) is 0 Å². The van der Waals surface area contributed by atoms with Crippen molar-refractivity contribution in [3.63, 3.8) is 0 Å². The number of alkyl halides is 3. The molecule has 0 N–H and O–H groups in total. The Morgan fingerprint density at radius 2 is 2.00 bits per heavy atom. The van der Waals surface area contributed by atoms with Crippen molar-refractivity contribution in [3.05, 3.63) is 52.8 Å². The molecule has 6 heterocycles. The summed E-state index contributed by atoms with van der Waals surface area (Å²) in [5.41, 5.74) is 1.12. The third-order valence-electron chi connectivity index (χ3n) is 5.02. The molecule has 6 aromatic heterocycles. The van der Waals surface area contributed by atoms with Crippen molar-refractivity contribution < 1.29 is 13.2 Å². The van der Waals surface area contributed by atoms with Crippen LogP contribution in [0.25, 0.3) is 37.6 Å². The molecule has 0 atom stereocenters. The molecule has 0 aliphatic carbocycles. The summed E-state index contributed by atoms with van der Waals surface area (Å²) in [6.07, 6.45) is 2.27. The molecule has 9 nitrogen and oxygen atoms in total. The summed E-state index contributed by atoms with van der Waals surface area (Å²) in [4.78, 5) is 13.1. The third-order valence-corrected chi connectivity index (χ3v) is 6.49. The fraction of sp³-hybridized carbons (Fsp3) is 0.158. The smallest absolute Gasteiger partial charge is 0.250 e.